The van der Waals surface area contributed by atoms with Crippen LogP contribution in [0.15, 0.2) is 107 Å². The minimum absolute atomic E-state index is 0.350. The summed E-state index contributed by atoms with van der Waals surface area (Å²) < 4.78 is 10.9. The number of hydrogen-bond donors (Lipinski definition) is 2. The number of phenols is 2. The minimum atomic E-state index is 0.350. The zero-order chi connectivity index (χ0) is 49.4. The number of unbranched alkanes of at least 4 members (excludes halogenated alkanes) is 5. The van der Waals surface area contributed by atoms with E-state index in [-0.39, 0.29) is 0 Å². The van der Waals surface area contributed by atoms with Gasteiger partial charge in [0, 0.05) is 0 Å². The summed E-state index contributed by atoms with van der Waals surface area (Å²) in [5, 5.41) is 26.9. The smallest absolute Gasteiger partial charge is 0.121 e. The highest BCUT2D eigenvalue weighted by Gasteiger charge is 2.05. The van der Waals surface area contributed by atoms with Crippen LogP contribution >= 0.6 is 0 Å². The van der Waals surface area contributed by atoms with E-state index in [0.29, 0.717) is 24.7 Å². The Morgan fingerprint density at radius 3 is 1.11 bits per heavy atom. The van der Waals surface area contributed by atoms with Crippen LogP contribution in [0.25, 0.3) is 0 Å². The second-order valence-corrected chi connectivity index (χ2v) is 15.0. The maximum absolute atomic E-state index is 9.53. The van der Waals surface area contributed by atoms with E-state index in [4.69, 9.17) is 19.1 Å². The zero-order valence-corrected chi connectivity index (χ0v) is 43.4. The van der Waals surface area contributed by atoms with Crippen molar-refractivity contribution in [3.05, 3.63) is 142 Å². The molecule has 8 heteroatoms. The Labute approximate surface area is 396 Å². The van der Waals surface area contributed by atoms with Gasteiger partial charge in [-0.1, -0.05) is 157 Å². The van der Waals surface area contributed by atoms with Crippen molar-refractivity contribution < 1.29 is 29.4 Å². The van der Waals surface area contributed by atoms with E-state index in [1.165, 1.54) is 68.9 Å². The molecular formula is C57H88N2O6. The maximum atomic E-state index is 9.53. The van der Waals surface area contributed by atoms with Crippen molar-refractivity contribution in [1.82, 2.24) is 0 Å². The SMILES string of the molecule is C/C=C/COc1cc(C)c(O)c(C)c1.C/C=C/COc1cc(C)c(O)c(C)c1.CC.CC.CCCCCCc1ccc(/C(C)=N\OC)cc1.CCCCCc1ccc(/C(C)=N\OC)cc1. The van der Waals surface area contributed by atoms with Crippen molar-refractivity contribution in [3.63, 3.8) is 0 Å². The Balaban J connectivity index is 0. The average molecular weight is 897 g/mol. The summed E-state index contributed by atoms with van der Waals surface area (Å²) in [6, 6.07) is 24.6. The number of phenolic OH excluding ortho intramolecular Hbond substituents is 2. The van der Waals surface area contributed by atoms with Gasteiger partial charge in [0.25, 0.3) is 0 Å². The molecule has 0 heterocycles. The fraction of sp³-hybridized carbons (Fsp3) is 0.474. The number of ether oxygens (including phenoxy) is 2. The fourth-order valence-corrected chi connectivity index (χ4v) is 6.02. The molecule has 0 atom stereocenters. The van der Waals surface area contributed by atoms with Crippen LogP contribution in [0.1, 0.15) is 159 Å². The molecule has 0 bridgehead atoms. The number of hydrogen-bond acceptors (Lipinski definition) is 8. The van der Waals surface area contributed by atoms with E-state index < -0.39 is 0 Å². The number of aryl methyl sites for hydroxylation is 6. The van der Waals surface area contributed by atoms with Gasteiger partial charge in [-0.05, 0) is 150 Å². The summed E-state index contributed by atoms with van der Waals surface area (Å²) in [4.78, 5) is 9.52. The topological polar surface area (TPSA) is 102 Å². The Hall–Kier alpha value is -5.50. The summed E-state index contributed by atoms with van der Waals surface area (Å²) in [7, 11) is 3.15. The van der Waals surface area contributed by atoms with Crippen LogP contribution in [-0.4, -0.2) is 49.1 Å². The van der Waals surface area contributed by atoms with Crippen LogP contribution < -0.4 is 9.47 Å². The number of allylic oxidation sites excluding steroid dienone is 2. The van der Waals surface area contributed by atoms with Crippen molar-refractivity contribution in [1.29, 1.82) is 0 Å². The van der Waals surface area contributed by atoms with Gasteiger partial charge < -0.3 is 29.4 Å². The Kier molecular flexibility index (Phi) is 37.9. The summed E-state index contributed by atoms with van der Waals surface area (Å²) in [6.45, 7) is 28.9. The lowest BCUT2D eigenvalue weighted by molar-refractivity contribution is 0.213. The van der Waals surface area contributed by atoms with E-state index in [0.717, 1.165) is 56.3 Å². The van der Waals surface area contributed by atoms with E-state index in [1.807, 2.05) is 132 Å². The summed E-state index contributed by atoms with van der Waals surface area (Å²) in [5.41, 5.74) is 10.3. The number of benzene rings is 4. The van der Waals surface area contributed by atoms with Gasteiger partial charge in [0.1, 0.15) is 50.4 Å². The Morgan fingerprint density at radius 2 is 0.815 bits per heavy atom. The third-order valence-electron chi connectivity index (χ3n) is 9.68. The lowest BCUT2D eigenvalue weighted by Crippen LogP contribution is -1.96. The summed E-state index contributed by atoms with van der Waals surface area (Å²) in [5.74, 6) is 2.30. The van der Waals surface area contributed by atoms with Crippen LogP contribution in [0.3, 0.4) is 0 Å². The molecule has 362 valence electrons. The summed E-state index contributed by atoms with van der Waals surface area (Å²) in [6.07, 6.45) is 19.3. The van der Waals surface area contributed by atoms with Gasteiger partial charge >= 0.3 is 0 Å². The first kappa shape index (κ1) is 61.6. The number of oxime groups is 2. The molecular weight excluding hydrogens is 809 g/mol. The van der Waals surface area contributed by atoms with Crippen LogP contribution in [-0.2, 0) is 22.5 Å². The summed E-state index contributed by atoms with van der Waals surface area (Å²) >= 11 is 0. The van der Waals surface area contributed by atoms with Crippen molar-refractivity contribution in [2.75, 3.05) is 27.4 Å². The normalized spacial score (nSPS) is 10.7. The van der Waals surface area contributed by atoms with E-state index >= 15 is 0 Å². The molecule has 0 fully saturated rings. The average Bonchev–Trinajstić information content (AvgIpc) is 3.31. The quantitative estimate of drug-likeness (QED) is 0.0421. The molecule has 8 nitrogen and oxygen atoms in total. The van der Waals surface area contributed by atoms with Gasteiger partial charge in [-0.15, -0.1) is 0 Å². The number of rotatable bonds is 19. The third-order valence-corrected chi connectivity index (χ3v) is 9.68. The third kappa shape index (κ3) is 28.1. The van der Waals surface area contributed by atoms with Crippen molar-refractivity contribution >= 4 is 11.4 Å². The van der Waals surface area contributed by atoms with Gasteiger partial charge in [-0.2, -0.15) is 0 Å². The number of aromatic hydroxyl groups is 2. The highest BCUT2D eigenvalue weighted by molar-refractivity contribution is 5.98. The molecule has 0 saturated carbocycles. The van der Waals surface area contributed by atoms with E-state index in [2.05, 4.69) is 72.7 Å². The molecule has 0 radical (unpaired) electrons. The molecule has 65 heavy (non-hydrogen) atoms. The highest BCUT2D eigenvalue weighted by atomic mass is 16.6. The lowest BCUT2D eigenvalue weighted by Gasteiger charge is -2.08. The van der Waals surface area contributed by atoms with Crippen molar-refractivity contribution in [2.45, 2.75) is 155 Å². The Morgan fingerprint density at radius 1 is 0.508 bits per heavy atom. The second kappa shape index (κ2) is 40.0. The molecule has 0 saturated heterocycles. The monoisotopic (exact) mass is 897 g/mol. The number of nitrogens with zero attached hydrogens (tertiary/aromatic N) is 2. The first-order chi connectivity index (χ1) is 31.3. The first-order valence-electron chi connectivity index (χ1n) is 23.8. The first-order valence-corrected chi connectivity index (χ1v) is 23.8. The van der Waals surface area contributed by atoms with Crippen LogP contribution in [0, 0.1) is 27.7 Å². The van der Waals surface area contributed by atoms with Gasteiger partial charge in [0.05, 0.1) is 11.4 Å². The lowest BCUT2D eigenvalue weighted by atomic mass is 10.0. The molecule has 0 aliphatic carbocycles. The molecule has 4 aromatic carbocycles. The predicted octanol–water partition coefficient (Wildman–Crippen LogP) is 15.9. The molecule has 4 aromatic rings. The largest absolute Gasteiger partial charge is 0.507 e. The fourth-order valence-electron chi connectivity index (χ4n) is 6.02. The molecule has 4 rings (SSSR count). The van der Waals surface area contributed by atoms with Crippen molar-refractivity contribution in [3.8, 4) is 23.0 Å². The maximum Gasteiger partial charge on any atom is 0.121 e. The van der Waals surface area contributed by atoms with E-state index in [9.17, 15) is 10.2 Å². The van der Waals surface area contributed by atoms with Crippen LogP contribution in [0.2, 0.25) is 0 Å². The standard InChI is InChI=1S/C15H23NO.C14H21NO.2C12H16O2.2C2H6/c1-4-5-6-7-8-14-9-11-15(12-10-14)13(2)16-17-3;1-4-5-6-7-13-8-10-14(11-9-13)12(2)15-16-3;2*1-4-5-6-14-11-7-9(2)12(13)10(3)8-11;2*1-2/h9-12H,4-8H2,1-3H3;8-11H,4-7H2,1-3H3;2*4-5,7-8,13H,6H2,1-3H3;2*1-2H3/b16-13-;15-12-;2*5-4+;;. The zero-order valence-electron chi connectivity index (χ0n) is 43.4. The molecule has 0 unspecified atom stereocenters. The van der Waals surface area contributed by atoms with Gasteiger partial charge in [-0.25, -0.2) is 0 Å². The van der Waals surface area contributed by atoms with Crippen molar-refractivity contribution in [2.24, 2.45) is 10.3 Å². The van der Waals surface area contributed by atoms with Gasteiger partial charge in [0.2, 0.25) is 0 Å². The molecule has 0 amide bonds. The van der Waals surface area contributed by atoms with Gasteiger partial charge in [-0.3, -0.25) is 0 Å². The molecule has 2 N–H and O–H groups in total. The van der Waals surface area contributed by atoms with E-state index in [1.54, 1.807) is 14.2 Å². The predicted molar refractivity (Wildman–Crippen MR) is 281 cm³/mol. The molecule has 0 aliphatic heterocycles. The van der Waals surface area contributed by atoms with Gasteiger partial charge in [0.15, 0.2) is 0 Å². The second-order valence-electron chi connectivity index (χ2n) is 15.0. The highest BCUT2D eigenvalue weighted by Crippen LogP contribution is 2.28. The minimum Gasteiger partial charge on any atom is -0.507 e. The molecule has 0 aliphatic rings. The molecule has 0 aromatic heterocycles. The van der Waals surface area contributed by atoms with Crippen LogP contribution in [0.4, 0.5) is 0 Å². The molecule has 0 spiro atoms. The Bertz CT molecular complexity index is 1800. The van der Waals surface area contributed by atoms with Crippen LogP contribution in [0.5, 0.6) is 23.0 Å².